The number of benzene rings is 8. The van der Waals surface area contributed by atoms with Crippen molar-refractivity contribution in [1.82, 2.24) is 0 Å². The number of rotatable bonds is 14. The van der Waals surface area contributed by atoms with Crippen LogP contribution in [0, 0.1) is 0 Å². The van der Waals surface area contributed by atoms with E-state index in [-0.39, 0.29) is 5.97 Å². The summed E-state index contributed by atoms with van der Waals surface area (Å²) in [6, 6.07) is 66.9. The minimum atomic E-state index is -0.369. The van der Waals surface area contributed by atoms with Gasteiger partial charge in [-0.05, 0) is 158 Å². The Hall–Kier alpha value is -7.97. The molecule has 0 bridgehead atoms. The first-order valence-corrected chi connectivity index (χ1v) is 19.0. The van der Waals surface area contributed by atoms with Crippen LogP contribution in [0.2, 0.25) is 0 Å². The largest absolute Gasteiger partial charge is 0.497 e. The van der Waals surface area contributed by atoms with Gasteiger partial charge < -0.3 is 33.5 Å². The summed E-state index contributed by atoms with van der Waals surface area (Å²) in [6.07, 6.45) is 0. The molecule has 0 amide bonds. The van der Waals surface area contributed by atoms with Gasteiger partial charge in [0.2, 0.25) is 0 Å². The van der Waals surface area contributed by atoms with E-state index in [2.05, 4.69) is 52.3 Å². The summed E-state index contributed by atoms with van der Waals surface area (Å²) >= 11 is 0. The molecule has 8 aromatic rings. The van der Waals surface area contributed by atoms with Crippen LogP contribution in [0.25, 0.3) is 0 Å². The summed E-state index contributed by atoms with van der Waals surface area (Å²) in [6.45, 7) is 1.37. The van der Waals surface area contributed by atoms with Gasteiger partial charge in [0, 0.05) is 47.1 Å². The molecule has 8 rings (SSSR count). The molecule has 0 aliphatic rings. The van der Waals surface area contributed by atoms with Gasteiger partial charge in [0.15, 0.2) is 0 Å². The zero-order chi connectivity index (χ0) is 40.4. The van der Waals surface area contributed by atoms with Crippen LogP contribution in [-0.2, 0) is 4.79 Å². The van der Waals surface area contributed by atoms with E-state index in [1.807, 2.05) is 140 Å². The average Bonchev–Trinajstić information content (AvgIpc) is 3.27. The quantitative estimate of drug-likeness (QED) is 0.0799. The molecule has 8 heteroatoms. The standard InChI is InChI=1S/C51H40N2O6/c1-37(54)56-45-32-34-50(35-33-45)58-47-24-20-42(21-25-47)53(39-12-7-4-8-13-39)43-14-9-15-51(36-43)59-48-26-18-41(19-27-48)52(38-10-5-3-6-11-38)40-16-22-46(23-17-40)57-49-30-28-44(55-2)29-31-49/h3-36H,1-2H3. The van der Waals surface area contributed by atoms with E-state index in [0.717, 1.165) is 51.4 Å². The lowest BCUT2D eigenvalue weighted by Gasteiger charge is -2.26. The maximum absolute atomic E-state index is 11.3. The molecule has 0 saturated heterocycles. The number of methoxy groups -OCH3 is 1. The van der Waals surface area contributed by atoms with Crippen molar-refractivity contribution in [3.63, 3.8) is 0 Å². The van der Waals surface area contributed by atoms with Crippen molar-refractivity contribution < 1.29 is 28.5 Å². The van der Waals surface area contributed by atoms with Crippen molar-refractivity contribution in [3.8, 4) is 46.0 Å². The number of ether oxygens (including phenoxy) is 5. The minimum Gasteiger partial charge on any atom is -0.497 e. The van der Waals surface area contributed by atoms with Gasteiger partial charge in [-0.3, -0.25) is 4.79 Å². The fourth-order valence-corrected chi connectivity index (χ4v) is 6.52. The molecule has 0 saturated carbocycles. The molecule has 8 nitrogen and oxygen atoms in total. The molecule has 0 unspecified atom stereocenters. The summed E-state index contributed by atoms with van der Waals surface area (Å²) in [7, 11) is 1.65. The molecule has 0 heterocycles. The summed E-state index contributed by atoms with van der Waals surface area (Å²) in [4.78, 5) is 15.6. The van der Waals surface area contributed by atoms with Gasteiger partial charge in [0.05, 0.1) is 7.11 Å². The van der Waals surface area contributed by atoms with Crippen molar-refractivity contribution in [2.75, 3.05) is 16.9 Å². The number of esters is 1. The zero-order valence-corrected chi connectivity index (χ0v) is 32.5. The van der Waals surface area contributed by atoms with E-state index < -0.39 is 0 Å². The maximum Gasteiger partial charge on any atom is 0.308 e. The van der Waals surface area contributed by atoms with Crippen LogP contribution in [-0.4, -0.2) is 13.1 Å². The molecule has 0 spiro atoms. The second-order valence-corrected chi connectivity index (χ2v) is 13.4. The number of hydrogen-bond acceptors (Lipinski definition) is 8. The fraction of sp³-hybridized carbons (Fsp3) is 0.0392. The van der Waals surface area contributed by atoms with Crippen LogP contribution in [0.1, 0.15) is 6.92 Å². The van der Waals surface area contributed by atoms with Crippen molar-refractivity contribution in [1.29, 1.82) is 0 Å². The van der Waals surface area contributed by atoms with Crippen LogP contribution >= 0.6 is 0 Å². The normalized spacial score (nSPS) is 10.6. The third-order valence-electron chi connectivity index (χ3n) is 9.24. The van der Waals surface area contributed by atoms with Gasteiger partial charge in [-0.15, -0.1) is 0 Å². The highest BCUT2D eigenvalue weighted by molar-refractivity contribution is 5.79. The Kier molecular flexibility index (Phi) is 11.5. The Morgan fingerprint density at radius 3 is 1.07 bits per heavy atom. The Morgan fingerprint density at radius 1 is 0.339 bits per heavy atom. The Labute approximate surface area is 343 Å². The maximum atomic E-state index is 11.3. The molecule has 0 fully saturated rings. The SMILES string of the molecule is COc1ccc(Oc2ccc(N(c3ccccc3)c3ccc(Oc4cccc(N(c5ccccc5)c5ccc(Oc6ccc(OC(C)=O)cc6)cc5)c4)cc3)cc2)cc1. The highest BCUT2D eigenvalue weighted by Crippen LogP contribution is 2.40. The predicted molar refractivity (Wildman–Crippen MR) is 233 cm³/mol. The molecule has 0 aromatic heterocycles. The van der Waals surface area contributed by atoms with E-state index >= 15 is 0 Å². The number of carbonyl (C=O) groups excluding carboxylic acids is 1. The Balaban J connectivity index is 0.999. The zero-order valence-electron chi connectivity index (χ0n) is 32.5. The molecule has 0 atom stereocenters. The van der Waals surface area contributed by atoms with E-state index in [9.17, 15) is 4.79 Å². The second-order valence-electron chi connectivity index (χ2n) is 13.4. The summed E-state index contributed by atoms with van der Waals surface area (Å²) in [5.74, 6) is 5.04. The molecule has 0 aliphatic carbocycles. The summed E-state index contributed by atoms with van der Waals surface area (Å²) in [5.41, 5.74) is 5.84. The Bertz CT molecular complexity index is 2580. The van der Waals surface area contributed by atoms with Gasteiger partial charge in [0.1, 0.15) is 46.0 Å². The average molecular weight is 777 g/mol. The molecule has 0 aliphatic heterocycles. The fourth-order valence-electron chi connectivity index (χ4n) is 6.52. The minimum absolute atomic E-state index is 0.369. The van der Waals surface area contributed by atoms with Crippen molar-refractivity contribution in [2.24, 2.45) is 0 Å². The lowest BCUT2D eigenvalue weighted by molar-refractivity contribution is -0.131. The van der Waals surface area contributed by atoms with Crippen molar-refractivity contribution in [3.05, 3.63) is 206 Å². The van der Waals surface area contributed by atoms with Gasteiger partial charge >= 0.3 is 5.97 Å². The summed E-state index contributed by atoms with van der Waals surface area (Å²) < 4.78 is 29.1. The van der Waals surface area contributed by atoms with Crippen molar-refractivity contribution >= 4 is 40.1 Å². The third kappa shape index (κ3) is 9.53. The molecule has 0 N–H and O–H groups in total. The van der Waals surface area contributed by atoms with E-state index in [4.69, 9.17) is 23.7 Å². The lowest BCUT2D eigenvalue weighted by atomic mass is 10.1. The first-order chi connectivity index (χ1) is 29.0. The molecule has 8 aromatic carbocycles. The highest BCUT2D eigenvalue weighted by Gasteiger charge is 2.16. The van der Waals surface area contributed by atoms with Crippen LogP contribution < -0.4 is 33.5 Å². The topological polar surface area (TPSA) is 69.7 Å². The smallest absolute Gasteiger partial charge is 0.308 e. The van der Waals surface area contributed by atoms with Gasteiger partial charge in [-0.2, -0.15) is 0 Å². The predicted octanol–water partition coefficient (Wildman–Crippen LogP) is 13.9. The number of hydrogen-bond donors (Lipinski definition) is 0. The number of nitrogens with zero attached hydrogens (tertiary/aromatic N) is 2. The van der Waals surface area contributed by atoms with Gasteiger partial charge in [-0.1, -0.05) is 42.5 Å². The molecular formula is C51H40N2O6. The molecule has 0 radical (unpaired) electrons. The van der Waals surface area contributed by atoms with E-state index in [0.29, 0.717) is 28.7 Å². The second kappa shape index (κ2) is 17.9. The monoisotopic (exact) mass is 776 g/mol. The highest BCUT2D eigenvalue weighted by atomic mass is 16.5. The van der Waals surface area contributed by atoms with Crippen LogP contribution in [0.5, 0.6) is 46.0 Å². The first kappa shape index (κ1) is 37.9. The third-order valence-corrected chi connectivity index (χ3v) is 9.24. The number of para-hydroxylation sites is 2. The van der Waals surface area contributed by atoms with E-state index in [1.54, 1.807) is 31.4 Å². The molecular weight excluding hydrogens is 737 g/mol. The lowest BCUT2D eigenvalue weighted by Crippen LogP contribution is -2.10. The molecule has 59 heavy (non-hydrogen) atoms. The Morgan fingerprint density at radius 2 is 0.661 bits per heavy atom. The van der Waals surface area contributed by atoms with Gasteiger partial charge in [0.25, 0.3) is 0 Å². The molecule has 290 valence electrons. The summed E-state index contributed by atoms with van der Waals surface area (Å²) in [5, 5.41) is 0. The van der Waals surface area contributed by atoms with Crippen molar-refractivity contribution in [2.45, 2.75) is 6.92 Å². The first-order valence-electron chi connectivity index (χ1n) is 19.0. The van der Waals surface area contributed by atoms with Gasteiger partial charge in [-0.25, -0.2) is 0 Å². The number of carbonyl (C=O) groups is 1. The van der Waals surface area contributed by atoms with Crippen LogP contribution in [0.4, 0.5) is 34.1 Å². The van der Waals surface area contributed by atoms with Crippen LogP contribution in [0.15, 0.2) is 206 Å². The number of anilines is 6. The van der Waals surface area contributed by atoms with E-state index in [1.165, 1.54) is 6.92 Å². The van der Waals surface area contributed by atoms with Crippen LogP contribution in [0.3, 0.4) is 0 Å².